The molecule has 3 heterocycles. The molecule has 6 nitrogen and oxygen atoms in total. The quantitative estimate of drug-likeness (QED) is 0.836. The van der Waals surface area contributed by atoms with Crippen molar-refractivity contribution in [3.05, 3.63) is 39.7 Å². The van der Waals surface area contributed by atoms with Crippen molar-refractivity contribution in [2.24, 2.45) is 0 Å². The number of pyridine rings is 1. The Morgan fingerprint density at radius 2 is 2.36 bits per heavy atom. The number of H-pyrrole nitrogens is 1. The molecule has 0 spiro atoms. The zero-order valence-electron chi connectivity index (χ0n) is 11.9. The molecule has 1 unspecified atom stereocenters. The Labute approximate surface area is 131 Å². The number of nitrogens with one attached hydrogen (secondary N) is 2. The van der Waals surface area contributed by atoms with Crippen molar-refractivity contribution in [1.82, 2.24) is 20.3 Å². The summed E-state index contributed by atoms with van der Waals surface area (Å²) in [5.41, 5.74) is 0.0127. The van der Waals surface area contributed by atoms with Gasteiger partial charge in [0, 0.05) is 37.0 Å². The van der Waals surface area contributed by atoms with Gasteiger partial charge >= 0.3 is 0 Å². The fraction of sp³-hybridized carbons (Fsp3) is 0.357. The number of rotatable bonds is 3. The van der Waals surface area contributed by atoms with Gasteiger partial charge in [0.2, 0.25) is 5.95 Å². The SMILES string of the molecule is CNC1CCN(c2nc(-c3ccnc(F)c3)[nH]c(=O)c2Cl)C1. The van der Waals surface area contributed by atoms with Crippen molar-refractivity contribution >= 4 is 17.4 Å². The number of aromatic nitrogens is 3. The van der Waals surface area contributed by atoms with Crippen LogP contribution in [0, 0.1) is 5.95 Å². The zero-order chi connectivity index (χ0) is 15.7. The predicted molar refractivity (Wildman–Crippen MR) is 82.7 cm³/mol. The molecule has 8 heteroatoms. The van der Waals surface area contributed by atoms with E-state index < -0.39 is 11.5 Å². The summed E-state index contributed by atoms with van der Waals surface area (Å²) in [6, 6.07) is 3.13. The molecule has 3 rings (SSSR count). The van der Waals surface area contributed by atoms with Gasteiger partial charge in [-0.05, 0) is 19.5 Å². The number of halogens is 2. The molecule has 2 N–H and O–H groups in total. The van der Waals surface area contributed by atoms with Crippen molar-refractivity contribution in [1.29, 1.82) is 0 Å². The number of nitrogens with zero attached hydrogens (tertiary/aromatic N) is 3. The third-order valence-electron chi connectivity index (χ3n) is 3.74. The molecule has 22 heavy (non-hydrogen) atoms. The maximum absolute atomic E-state index is 13.3. The summed E-state index contributed by atoms with van der Waals surface area (Å²) in [5.74, 6) is 0.0714. The molecular formula is C14H15ClFN5O. The maximum Gasteiger partial charge on any atom is 0.272 e. The van der Waals surface area contributed by atoms with Crippen molar-refractivity contribution in [2.75, 3.05) is 25.0 Å². The van der Waals surface area contributed by atoms with Crippen molar-refractivity contribution < 1.29 is 4.39 Å². The number of likely N-dealkylation sites (N-methyl/N-ethyl adjacent to an activating group) is 1. The van der Waals surface area contributed by atoms with Gasteiger partial charge in [-0.2, -0.15) is 4.39 Å². The van der Waals surface area contributed by atoms with Crippen LogP contribution in [0.25, 0.3) is 11.4 Å². The van der Waals surface area contributed by atoms with E-state index in [1.165, 1.54) is 12.3 Å². The normalized spacial score (nSPS) is 18.0. The summed E-state index contributed by atoms with van der Waals surface area (Å²) in [4.78, 5) is 24.5. The molecule has 1 saturated heterocycles. The van der Waals surface area contributed by atoms with E-state index in [2.05, 4.69) is 20.3 Å². The van der Waals surface area contributed by atoms with E-state index in [1.54, 1.807) is 6.07 Å². The lowest BCUT2D eigenvalue weighted by atomic mass is 10.2. The zero-order valence-corrected chi connectivity index (χ0v) is 12.7. The lowest BCUT2D eigenvalue weighted by Gasteiger charge is -2.19. The fourth-order valence-electron chi connectivity index (χ4n) is 2.53. The first-order valence-corrected chi connectivity index (χ1v) is 7.30. The molecule has 0 radical (unpaired) electrons. The van der Waals surface area contributed by atoms with E-state index in [0.29, 0.717) is 17.4 Å². The maximum atomic E-state index is 13.3. The monoisotopic (exact) mass is 323 g/mol. The van der Waals surface area contributed by atoms with Crippen molar-refractivity contribution in [2.45, 2.75) is 12.5 Å². The van der Waals surface area contributed by atoms with Gasteiger partial charge in [0.15, 0.2) is 5.82 Å². The molecule has 116 valence electrons. The third-order valence-corrected chi connectivity index (χ3v) is 4.08. The van der Waals surface area contributed by atoms with E-state index in [4.69, 9.17) is 11.6 Å². The lowest BCUT2D eigenvalue weighted by molar-refractivity contribution is 0.584. The van der Waals surface area contributed by atoms with Crippen LogP contribution in [0.1, 0.15) is 6.42 Å². The van der Waals surface area contributed by atoms with Crippen LogP contribution in [-0.4, -0.2) is 41.1 Å². The molecule has 1 aliphatic rings. The molecule has 0 saturated carbocycles. The van der Waals surface area contributed by atoms with Gasteiger partial charge < -0.3 is 15.2 Å². The van der Waals surface area contributed by atoms with Gasteiger partial charge in [-0.25, -0.2) is 9.97 Å². The van der Waals surface area contributed by atoms with Crippen molar-refractivity contribution in [3.63, 3.8) is 0 Å². The van der Waals surface area contributed by atoms with Crippen LogP contribution in [0.3, 0.4) is 0 Å². The van der Waals surface area contributed by atoms with Gasteiger partial charge in [0.1, 0.15) is 10.8 Å². The molecule has 2 aromatic heterocycles. The first kappa shape index (κ1) is 14.9. The second-order valence-corrected chi connectivity index (χ2v) is 5.52. The van der Waals surface area contributed by atoms with E-state index in [9.17, 15) is 9.18 Å². The molecule has 0 bridgehead atoms. The molecule has 0 amide bonds. The van der Waals surface area contributed by atoms with Crippen molar-refractivity contribution in [3.8, 4) is 11.4 Å². The van der Waals surface area contributed by atoms with Crippen LogP contribution in [0.15, 0.2) is 23.1 Å². The highest BCUT2D eigenvalue weighted by Crippen LogP contribution is 2.26. The smallest absolute Gasteiger partial charge is 0.272 e. The highest BCUT2D eigenvalue weighted by molar-refractivity contribution is 6.32. The molecule has 0 aliphatic carbocycles. The summed E-state index contributed by atoms with van der Waals surface area (Å²) in [6.45, 7) is 1.47. The highest BCUT2D eigenvalue weighted by atomic mass is 35.5. The van der Waals surface area contributed by atoms with E-state index in [1.807, 2.05) is 11.9 Å². The molecule has 1 aliphatic heterocycles. The summed E-state index contributed by atoms with van der Waals surface area (Å²) >= 11 is 6.10. The van der Waals surface area contributed by atoms with Crippen LogP contribution in [0.4, 0.5) is 10.2 Å². The van der Waals surface area contributed by atoms with Gasteiger partial charge in [-0.15, -0.1) is 0 Å². The Morgan fingerprint density at radius 1 is 1.55 bits per heavy atom. The van der Waals surface area contributed by atoms with E-state index in [0.717, 1.165) is 19.5 Å². The minimum Gasteiger partial charge on any atom is -0.354 e. The highest BCUT2D eigenvalue weighted by Gasteiger charge is 2.25. The van der Waals surface area contributed by atoms with E-state index >= 15 is 0 Å². The van der Waals surface area contributed by atoms with Gasteiger partial charge in [0.05, 0.1) is 0 Å². The summed E-state index contributed by atoms with van der Waals surface area (Å²) in [6.07, 6.45) is 2.27. The number of anilines is 1. The van der Waals surface area contributed by atoms with Crippen LogP contribution in [0.5, 0.6) is 0 Å². The predicted octanol–water partition coefficient (Wildman–Crippen LogP) is 1.42. The lowest BCUT2D eigenvalue weighted by Crippen LogP contribution is -2.31. The molecule has 1 fully saturated rings. The largest absolute Gasteiger partial charge is 0.354 e. The van der Waals surface area contributed by atoms with Crippen LogP contribution >= 0.6 is 11.6 Å². The Balaban J connectivity index is 2.02. The fourth-order valence-corrected chi connectivity index (χ4v) is 2.74. The number of hydrogen-bond donors (Lipinski definition) is 2. The standard InChI is InChI=1S/C14H15ClFN5O/c1-17-9-3-5-21(7-9)13-11(15)14(22)20-12(19-13)8-2-4-18-10(16)6-8/h2,4,6,9,17H,3,5,7H2,1H3,(H,19,20,22). The summed E-state index contributed by atoms with van der Waals surface area (Å²) in [5, 5.41) is 3.25. The first-order chi connectivity index (χ1) is 10.6. The third kappa shape index (κ3) is 2.82. The topological polar surface area (TPSA) is 73.9 Å². The Hall–Kier alpha value is -1.99. The first-order valence-electron chi connectivity index (χ1n) is 6.92. The number of hydrogen-bond acceptors (Lipinski definition) is 5. The second-order valence-electron chi connectivity index (χ2n) is 5.14. The van der Waals surface area contributed by atoms with E-state index in [-0.39, 0.29) is 10.8 Å². The second kappa shape index (κ2) is 6.02. The van der Waals surface area contributed by atoms with Crippen LogP contribution in [0.2, 0.25) is 5.02 Å². The van der Waals surface area contributed by atoms with Crippen LogP contribution in [-0.2, 0) is 0 Å². The Morgan fingerprint density at radius 3 is 3.05 bits per heavy atom. The van der Waals surface area contributed by atoms with Gasteiger partial charge in [-0.3, -0.25) is 4.79 Å². The minimum absolute atomic E-state index is 0.0510. The minimum atomic E-state index is -0.631. The molecule has 2 aromatic rings. The Bertz CT molecular complexity index is 750. The average Bonchev–Trinajstić information content (AvgIpc) is 2.98. The Kier molecular flexibility index (Phi) is 4.08. The van der Waals surface area contributed by atoms with Gasteiger partial charge in [0.25, 0.3) is 5.56 Å². The molecule has 0 aromatic carbocycles. The van der Waals surface area contributed by atoms with Gasteiger partial charge in [-0.1, -0.05) is 11.6 Å². The molecule has 1 atom stereocenters. The summed E-state index contributed by atoms with van der Waals surface area (Å²) < 4.78 is 13.3. The van der Waals surface area contributed by atoms with Crippen LogP contribution < -0.4 is 15.8 Å². The summed E-state index contributed by atoms with van der Waals surface area (Å²) in [7, 11) is 1.90. The number of aromatic amines is 1. The molecular weight excluding hydrogens is 309 g/mol. The average molecular weight is 324 g/mol.